The van der Waals surface area contributed by atoms with Crippen LogP contribution in [-0.4, -0.2) is 36.6 Å². The summed E-state index contributed by atoms with van der Waals surface area (Å²) in [5.74, 6) is 0.828. The molecule has 0 aromatic rings. The van der Waals surface area contributed by atoms with E-state index in [-0.39, 0.29) is 0 Å². The number of piperazine rings is 1. The second kappa shape index (κ2) is 4.97. The molecule has 1 N–H and O–H groups in total. The topological polar surface area (TPSA) is 15.3 Å². The molecule has 2 atom stereocenters. The molecule has 0 bridgehead atoms. The van der Waals surface area contributed by atoms with Crippen LogP contribution in [0, 0.1) is 5.92 Å². The molecule has 0 radical (unpaired) electrons. The molecule has 0 amide bonds. The van der Waals surface area contributed by atoms with E-state index >= 15 is 0 Å². The van der Waals surface area contributed by atoms with Crippen LogP contribution in [0.5, 0.6) is 0 Å². The lowest BCUT2D eigenvalue weighted by Crippen LogP contribution is -2.55. The van der Waals surface area contributed by atoms with Crippen molar-refractivity contribution in [3.63, 3.8) is 0 Å². The lowest BCUT2D eigenvalue weighted by Gasteiger charge is -2.39. The zero-order chi connectivity index (χ0) is 9.84. The van der Waals surface area contributed by atoms with Gasteiger partial charge in [0, 0.05) is 25.2 Å². The van der Waals surface area contributed by atoms with Gasteiger partial charge in [0.1, 0.15) is 0 Å². The Kier molecular flexibility index (Phi) is 4.20. The minimum Gasteiger partial charge on any atom is -0.314 e. The Morgan fingerprint density at radius 2 is 1.77 bits per heavy atom. The van der Waals surface area contributed by atoms with Crippen molar-refractivity contribution in [3.8, 4) is 0 Å². The van der Waals surface area contributed by atoms with E-state index in [0.29, 0.717) is 12.1 Å². The molecule has 0 aromatic heterocycles. The van der Waals surface area contributed by atoms with Gasteiger partial charge in [0.15, 0.2) is 0 Å². The first-order chi connectivity index (χ1) is 6.11. The summed E-state index contributed by atoms with van der Waals surface area (Å²) in [6.45, 7) is 12.8. The number of rotatable bonds is 3. The molecular weight excluding hydrogens is 160 g/mol. The average molecular weight is 184 g/mol. The Hall–Kier alpha value is -0.0800. The fourth-order valence-corrected chi connectivity index (χ4v) is 2.02. The number of nitrogens with zero attached hydrogens (tertiary/aromatic N) is 1. The van der Waals surface area contributed by atoms with Crippen LogP contribution >= 0.6 is 0 Å². The molecule has 78 valence electrons. The highest BCUT2D eigenvalue weighted by Gasteiger charge is 2.23. The highest BCUT2D eigenvalue weighted by Crippen LogP contribution is 2.12. The third-order valence-corrected chi connectivity index (χ3v) is 2.98. The molecule has 2 heteroatoms. The zero-order valence-corrected chi connectivity index (χ0v) is 9.51. The molecule has 1 saturated heterocycles. The van der Waals surface area contributed by atoms with Gasteiger partial charge >= 0.3 is 0 Å². The van der Waals surface area contributed by atoms with Crippen molar-refractivity contribution < 1.29 is 0 Å². The van der Waals surface area contributed by atoms with Crippen molar-refractivity contribution in [1.29, 1.82) is 0 Å². The average Bonchev–Trinajstić information content (AvgIpc) is 2.03. The quantitative estimate of drug-likeness (QED) is 0.718. The maximum absolute atomic E-state index is 3.46. The van der Waals surface area contributed by atoms with Gasteiger partial charge in [0.25, 0.3) is 0 Å². The minimum atomic E-state index is 0.711. The first-order valence-electron chi connectivity index (χ1n) is 5.57. The second-order valence-corrected chi connectivity index (χ2v) is 4.78. The molecule has 1 aliphatic rings. The van der Waals surface area contributed by atoms with Crippen LogP contribution in [0.2, 0.25) is 0 Å². The number of hydrogen-bond acceptors (Lipinski definition) is 2. The first kappa shape index (κ1) is 11.0. The highest BCUT2D eigenvalue weighted by molar-refractivity contribution is 4.82. The highest BCUT2D eigenvalue weighted by atomic mass is 15.2. The van der Waals surface area contributed by atoms with Crippen molar-refractivity contribution in [1.82, 2.24) is 10.2 Å². The third-order valence-electron chi connectivity index (χ3n) is 2.98. The normalized spacial score (nSPS) is 31.2. The third kappa shape index (κ3) is 3.28. The Morgan fingerprint density at radius 1 is 1.23 bits per heavy atom. The Bertz CT molecular complexity index is 135. The SMILES string of the molecule is CC(C)CCN1[C@H](C)CNC[C@@H]1C. The van der Waals surface area contributed by atoms with Crippen LogP contribution in [0.4, 0.5) is 0 Å². The largest absolute Gasteiger partial charge is 0.314 e. The summed E-state index contributed by atoms with van der Waals surface area (Å²) >= 11 is 0. The summed E-state index contributed by atoms with van der Waals surface area (Å²) < 4.78 is 0. The van der Waals surface area contributed by atoms with Crippen LogP contribution in [0.25, 0.3) is 0 Å². The van der Waals surface area contributed by atoms with Gasteiger partial charge in [-0.2, -0.15) is 0 Å². The molecule has 0 spiro atoms. The van der Waals surface area contributed by atoms with Gasteiger partial charge in [0.05, 0.1) is 0 Å². The molecule has 1 heterocycles. The van der Waals surface area contributed by atoms with Crippen LogP contribution in [0.3, 0.4) is 0 Å². The van der Waals surface area contributed by atoms with Gasteiger partial charge < -0.3 is 5.32 Å². The number of hydrogen-bond donors (Lipinski definition) is 1. The van der Waals surface area contributed by atoms with Crippen LogP contribution in [0.1, 0.15) is 34.1 Å². The lowest BCUT2D eigenvalue weighted by atomic mass is 10.1. The zero-order valence-electron chi connectivity index (χ0n) is 9.51. The molecule has 1 fully saturated rings. The van der Waals surface area contributed by atoms with E-state index in [9.17, 15) is 0 Å². The van der Waals surface area contributed by atoms with Gasteiger partial charge in [0.2, 0.25) is 0 Å². The predicted molar refractivity (Wildman–Crippen MR) is 58.0 cm³/mol. The molecule has 0 aliphatic carbocycles. The summed E-state index contributed by atoms with van der Waals surface area (Å²) in [4.78, 5) is 2.64. The smallest absolute Gasteiger partial charge is 0.0195 e. The van der Waals surface area contributed by atoms with E-state index in [0.717, 1.165) is 19.0 Å². The molecular formula is C11H24N2. The fourth-order valence-electron chi connectivity index (χ4n) is 2.02. The van der Waals surface area contributed by atoms with E-state index in [1.807, 2.05) is 0 Å². The van der Waals surface area contributed by atoms with Crippen molar-refractivity contribution >= 4 is 0 Å². The predicted octanol–water partition coefficient (Wildman–Crippen LogP) is 1.71. The monoisotopic (exact) mass is 184 g/mol. The fraction of sp³-hybridized carbons (Fsp3) is 1.00. The lowest BCUT2D eigenvalue weighted by molar-refractivity contribution is 0.111. The van der Waals surface area contributed by atoms with E-state index in [4.69, 9.17) is 0 Å². The summed E-state index contributed by atoms with van der Waals surface area (Å²) in [5, 5.41) is 3.46. The summed E-state index contributed by atoms with van der Waals surface area (Å²) in [5.41, 5.74) is 0. The summed E-state index contributed by atoms with van der Waals surface area (Å²) in [7, 11) is 0. The Morgan fingerprint density at radius 3 is 2.23 bits per heavy atom. The molecule has 0 aromatic carbocycles. The van der Waals surface area contributed by atoms with E-state index in [2.05, 4.69) is 37.9 Å². The molecule has 13 heavy (non-hydrogen) atoms. The van der Waals surface area contributed by atoms with E-state index < -0.39 is 0 Å². The van der Waals surface area contributed by atoms with Crippen molar-refractivity contribution in [2.75, 3.05) is 19.6 Å². The molecule has 1 aliphatic heterocycles. The van der Waals surface area contributed by atoms with Crippen LogP contribution in [-0.2, 0) is 0 Å². The van der Waals surface area contributed by atoms with Crippen molar-refractivity contribution in [2.45, 2.75) is 46.2 Å². The van der Waals surface area contributed by atoms with Crippen LogP contribution in [0.15, 0.2) is 0 Å². The maximum atomic E-state index is 3.46. The molecule has 0 saturated carbocycles. The molecule has 2 nitrogen and oxygen atoms in total. The summed E-state index contributed by atoms with van der Waals surface area (Å²) in [6, 6.07) is 1.42. The van der Waals surface area contributed by atoms with Gasteiger partial charge in [-0.3, -0.25) is 4.90 Å². The second-order valence-electron chi connectivity index (χ2n) is 4.78. The standard InChI is InChI=1S/C11H24N2/c1-9(2)5-6-13-10(3)7-12-8-11(13)4/h9-12H,5-8H2,1-4H3/t10-,11+. The van der Waals surface area contributed by atoms with Gasteiger partial charge in [-0.25, -0.2) is 0 Å². The molecule has 1 rings (SSSR count). The van der Waals surface area contributed by atoms with Crippen LogP contribution < -0.4 is 5.32 Å². The first-order valence-corrected chi connectivity index (χ1v) is 5.57. The van der Waals surface area contributed by atoms with Crippen molar-refractivity contribution in [2.24, 2.45) is 5.92 Å². The summed E-state index contributed by atoms with van der Waals surface area (Å²) in [6.07, 6.45) is 1.33. The van der Waals surface area contributed by atoms with Gasteiger partial charge in [-0.15, -0.1) is 0 Å². The van der Waals surface area contributed by atoms with Gasteiger partial charge in [-0.1, -0.05) is 13.8 Å². The minimum absolute atomic E-state index is 0.711. The maximum Gasteiger partial charge on any atom is 0.0195 e. The van der Waals surface area contributed by atoms with E-state index in [1.165, 1.54) is 13.0 Å². The Balaban J connectivity index is 2.35. The number of nitrogens with one attached hydrogen (secondary N) is 1. The van der Waals surface area contributed by atoms with Crippen molar-refractivity contribution in [3.05, 3.63) is 0 Å². The Labute approximate surface area is 82.7 Å². The molecule has 0 unspecified atom stereocenters. The van der Waals surface area contributed by atoms with Gasteiger partial charge in [-0.05, 0) is 32.7 Å². The van der Waals surface area contributed by atoms with E-state index in [1.54, 1.807) is 0 Å².